The first-order chi connectivity index (χ1) is 14.0. The number of carbonyl (C=O) groups excluding carboxylic acids is 2. The van der Waals surface area contributed by atoms with Gasteiger partial charge in [0.25, 0.3) is 5.91 Å². The minimum absolute atomic E-state index is 0.221. The molecule has 0 unspecified atom stereocenters. The fourth-order valence-electron chi connectivity index (χ4n) is 3.52. The van der Waals surface area contributed by atoms with Gasteiger partial charge in [0.05, 0.1) is 16.8 Å². The predicted octanol–water partition coefficient (Wildman–Crippen LogP) is 3.80. The molecule has 1 atom stereocenters. The van der Waals surface area contributed by atoms with Crippen LogP contribution in [0.1, 0.15) is 21.5 Å². The van der Waals surface area contributed by atoms with E-state index in [1.54, 1.807) is 18.3 Å². The monoisotopic (exact) mass is 405 g/mol. The van der Waals surface area contributed by atoms with Crippen molar-refractivity contribution in [1.29, 1.82) is 0 Å². The van der Waals surface area contributed by atoms with Gasteiger partial charge < -0.3 is 16.4 Å². The van der Waals surface area contributed by atoms with Crippen molar-refractivity contribution in [2.75, 3.05) is 5.32 Å². The van der Waals surface area contributed by atoms with Crippen LogP contribution in [0.25, 0.3) is 10.8 Å². The Labute approximate surface area is 173 Å². The summed E-state index contributed by atoms with van der Waals surface area (Å²) in [6, 6.07) is 16.6. The number of anilines is 1. The molecule has 0 saturated carbocycles. The molecule has 6 heteroatoms. The van der Waals surface area contributed by atoms with Crippen LogP contribution >= 0.6 is 11.6 Å². The molecule has 146 valence electrons. The van der Waals surface area contributed by atoms with Crippen LogP contribution < -0.4 is 16.4 Å². The molecule has 2 amide bonds. The zero-order valence-corrected chi connectivity index (χ0v) is 16.4. The summed E-state index contributed by atoms with van der Waals surface area (Å²) in [5, 5.41) is 7.96. The fourth-order valence-corrected chi connectivity index (χ4v) is 3.73. The van der Waals surface area contributed by atoms with Crippen LogP contribution in [0.2, 0.25) is 5.02 Å². The Bertz CT molecular complexity index is 1130. The summed E-state index contributed by atoms with van der Waals surface area (Å²) in [5.41, 5.74) is 8.95. The largest absolute Gasteiger partial charge is 0.329 e. The fraction of sp³-hybridized carbons (Fsp3) is 0.130. The molecule has 0 fully saturated rings. The van der Waals surface area contributed by atoms with E-state index in [1.165, 1.54) is 0 Å². The first kappa shape index (κ1) is 19.2. The van der Waals surface area contributed by atoms with Crippen molar-refractivity contribution < 1.29 is 9.59 Å². The molecule has 0 bridgehead atoms. The van der Waals surface area contributed by atoms with E-state index in [1.807, 2.05) is 48.5 Å². The zero-order chi connectivity index (χ0) is 20.4. The van der Waals surface area contributed by atoms with E-state index in [9.17, 15) is 9.59 Å². The highest BCUT2D eigenvalue weighted by Crippen LogP contribution is 2.28. The Hall–Kier alpha value is -3.15. The van der Waals surface area contributed by atoms with Crippen molar-refractivity contribution in [3.8, 4) is 0 Å². The highest BCUT2D eigenvalue weighted by molar-refractivity contribution is 6.34. The molecule has 29 heavy (non-hydrogen) atoms. The number of nitrogens with one attached hydrogen (secondary N) is 2. The van der Waals surface area contributed by atoms with E-state index in [4.69, 9.17) is 17.3 Å². The summed E-state index contributed by atoms with van der Waals surface area (Å²) in [4.78, 5) is 24.8. The highest BCUT2D eigenvalue weighted by atomic mass is 35.5. The molecule has 3 aromatic rings. The van der Waals surface area contributed by atoms with E-state index in [0.29, 0.717) is 29.1 Å². The van der Waals surface area contributed by atoms with Gasteiger partial charge in [-0.3, -0.25) is 9.59 Å². The number of carbonyl (C=O) groups is 2. The highest BCUT2D eigenvalue weighted by Gasteiger charge is 2.20. The van der Waals surface area contributed by atoms with E-state index < -0.39 is 6.04 Å². The third kappa shape index (κ3) is 4.01. The molecule has 0 aromatic heterocycles. The molecule has 0 radical (unpaired) electrons. The number of fused-ring (bicyclic) bond motifs is 2. The van der Waals surface area contributed by atoms with Gasteiger partial charge in [0, 0.05) is 11.8 Å². The number of benzene rings is 3. The normalized spacial score (nSPS) is 14.1. The van der Waals surface area contributed by atoms with Gasteiger partial charge in [0.15, 0.2) is 0 Å². The van der Waals surface area contributed by atoms with Gasteiger partial charge >= 0.3 is 0 Å². The third-order valence-electron chi connectivity index (χ3n) is 5.02. The number of nitrogens with two attached hydrogens (primary N) is 1. The lowest BCUT2D eigenvalue weighted by Gasteiger charge is -2.16. The second-order valence-electron chi connectivity index (χ2n) is 7.01. The van der Waals surface area contributed by atoms with Gasteiger partial charge in [-0.15, -0.1) is 0 Å². The lowest BCUT2D eigenvalue weighted by atomic mass is 9.98. The molecule has 4 N–H and O–H groups in total. The number of amides is 2. The quantitative estimate of drug-likeness (QED) is 0.617. The van der Waals surface area contributed by atoms with Crippen LogP contribution in [0.3, 0.4) is 0 Å². The SMILES string of the molecule is N[C@H](Cc1cccc2ccccc12)C(=O)Nc1cc2c(cc1Cl)C(=O)NC=CC2. The lowest BCUT2D eigenvalue weighted by molar-refractivity contribution is -0.117. The minimum atomic E-state index is -0.737. The average molecular weight is 406 g/mol. The van der Waals surface area contributed by atoms with Crippen molar-refractivity contribution >= 4 is 39.9 Å². The Morgan fingerprint density at radius 3 is 2.83 bits per heavy atom. The van der Waals surface area contributed by atoms with Crippen LogP contribution in [0.15, 0.2) is 66.9 Å². The summed E-state index contributed by atoms with van der Waals surface area (Å²) >= 11 is 6.31. The zero-order valence-electron chi connectivity index (χ0n) is 15.6. The topological polar surface area (TPSA) is 84.2 Å². The van der Waals surface area contributed by atoms with Gasteiger partial charge in [-0.05, 0) is 46.9 Å². The predicted molar refractivity (Wildman–Crippen MR) is 116 cm³/mol. The Morgan fingerprint density at radius 1 is 1.17 bits per heavy atom. The van der Waals surface area contributed by atoms with Gasteiger partial charge in [0.2, 0.25) is 5.91 Å². The summed E-state index contributed by atoms with van der Waals surface area (Å²) < 4.78 is 0. The van der Waals surface area contributed by atoms with Crippen molar-refractivity contribution in [1.82, 2.24) is 5.32 Å². The summed E-state index contributed by atoms with van der Waals surface area (Å²) in [6.07, 6.45) is 4.42. The molecule has 4 rings (SSSR count). The van der Waals surface area contributed by atoms with Crippen LogP contribution in [0.5, 0.6) is 0 Å². The summed E-state index contributed by atoms with van der Waals surface area (Å²) in [5.74, 6) is -0.547. The second-order valence-corrected chi connectivity index (χ2v) is 7.41. The van der Waals surface area contributed by atoms with Crippen LogP contribution in [-0.4, -0.2) is 17.9 Å². The van der Waals surface area contributed by atoms with Crippen LogP contribution in [0.4, 0.5) is 5.69 Å². The van der Waals surface area contributed by atoms with Crippen molar-refractivity contribution in [3.05, 3.63) is 88.6 Å². The lowest BCUT2D eigenvalue weighted by Crippen LogP contribution is -2.37. The molecule has 1 heterocycles. The Morgan fingerprint density at radius 2 is 1.97 bits per heavy atom. The molecule has 5 nitrogen and oxygen atoms in total. The number of hydrogen-bond donors (Lipinski definition) is 3. The number of halogens is 1. The van der Waals surface area contributed by atoms with Gasteiger partial charge in [-0.2, -0.15) is 0 Å². The molecular weight excluding hydrogens is 386 g/mol. The van der Waals surface area contributed by atoms with Gasteiger partial charge in [-0.1, -0.05) is 60.1 Å². The molecule has 0 saturated heterocycles. The van der Waals surface area contributed by atoms with Crippen molar-refractivity contribution in [2.45, 2.75) is 18.9 Å². The van der Waals surface area contributed by atoms with E-state index >= 15 is 0 Å². The maximum Gasteiger partial charge on any atom is 0.255 e. The average Bonchev–Trinajstić information content (AvgIpc) is 2.90. The molecule has 1 aliphatic heterocycles. The standard InChI is InChI=1S/C23H20ClN3O2/c24-19-13-18-16(8-4-10-26-22(18)28)12-21(19)27-23(29)20(25)11-15-7-3-6-14-5-1-2-9-17(14)15/h1-7,9-10,12-13,20H,8,11,25H2,(H,26,28)(H,27,29)/t20-/m1/s1. The molecule has 0 aliphatic carbocycles. The van der Waals surface area contributed by atoms with Gasteiger partial charge in [-0.25, -0.2) is 0 Å². The molecular formula is C23H20ClN3O2. The second kappa shape index (κ2) is 8.07. The number of rotatable bonds is 4. The van der Waals surface area contributed by atoms with Gasteiger partial charge in [0.1, 0.15) is 0 Å². The maximum atomic E-state index is 12.7. The summed E-state index contributed by atoms with van der Waals surface area (Å²) in [7, 11) is 0. The van der Waals surface area contributed by atoms with E-state index in [0.717, 1.165) is 21.9 Å². The van der Waals surface area contributed by atoms with E-state index in [2.05, 4.69) is 10.6 Å². The smallest absolute Gasteiger partial charge is 0.255 e. The summed E-state index contributed by atoms with van der Waals surface area (Å²) in [6.45, 7) is 0. The first-order valence-corrected chi connectivity index (χ1v) is 9.72. The number of hydrogen-bond acceptors (Lipinski definition) is 3. The molecule has 0 spiro atoms. The Kier molecular flexibility index (Phi) is 5.34. The number of allylic oxidation sites excluding steroid dienone is 1. The van der Waals surface area contributed by atoms with Crippen LogP contribution in [0, 0.1) is 0 Å². The van der Waals surface area contributed by atoms with Crippen molar-refractivity contribution in [2.24, 2.45) is 5.73 Å². The first-order valence-electron chi connectivity index (χ1n) is 9.34. The van der Waals surface area contributed by atoms with E-state index in [-0.39, 0.29) is 11.8 Å². The van der Waals surface area contributed by atoms with Crippen molar-refractivity contribution in [3.63, 3.8) is 0 Å². The maximum absolute atomic E-state index is 12.7. The Balaban J connectivity index is 1.54. The minimum Gasteiger partial charge on any atom is -0.329 e. The molecule has 1 aliphatic rings. The van der Waals surface area contributed by atoms with Crippen LogP contribution in [-0.2, 0) is 17.6 Å². The molecule has 3 aromatic carbocycles. The third-order valence-corrected chi connectivity index (χ3v) is 5.33.